The molecule has 0 atom stereocenters. The van der Waals surface area contributed by atoms with Crippen molar-refractivity contribution in [3.63, 3.8) is 0 Å². The van der Waals surface area contributed by atoms with Crippen LogP contribution >= 0.6 is 12.2 Å². The fourth-order valence-electron chi connectivity index (χ4n) is 1.89. The molecular weight excluding hydrogens is 264 g/mol. The van der Waals surface area contributed by atoms with Crippen molar-refractivity contribution < 1.29 is 0 Å². The molecule has 0 aliphatic heterocycles. The highest BCUT2D eigenvalue weighted by Gasteiger charge is 2.09. The topological polar surface area (TPSA) is 15.3 Å². The number of para-hydroxylation sites is 1. The van der Waals surface area contributed by atoms with Gasteiger partial charge in [-0.1, -0.05) is 24.1 Å². The summed E-state index contributed by atoms with van der Waals surface area (Å²) in [6.45, 7) is 2.88. The summed E-state index contributed by atoms with van der Waals surface area (Å²) in [6, 6.07) is 17.7. The van der Waals surface area contributed by atoms with Gasteiger partial charge in [0.2, 0.25) is 0 Å². The van der Waals surface area contributed by atoms with Crippen LogP contribution in [0.3, 0.4) is 0 Å². The number of nitrogens with one attached hydrogen (secondary N) is 1. The first-order valence-electron chi connectivity index (χ1n) is 6.45. The quantitative estimate of drug-likeness (QED) is 0.678. The molecule has 0 unspecified atom stereocenters. The van der Waals surface area contributed by atoms with Gasteiger partial charge in [-0.3, -0.25) is 0 Å². The molecule has 2 rings (SSSR count). The number of benzene rings is 2. The molecule has 0 radical (unpaired) electrons. The number of nitrogens with zero attached hydrogens (tertiary/aromatic N) is 1. The van der Waals surface area contributed by atoms with E-state index in [-0.39, 0.29) is 0 Å². The highest BCUT2D eigenvalue weighted by atomic mass is 32.1. The number of hydrogen-bond acceptors (Lipinski definition) is 1. The third kappa shape index (κ3) is 3.37. The van der Waals surface area contributed by atoms with E-state index in [1.807, 2.05) is 59.5 Å². The van der Waals surface area contributed by atoms with E-state index in [4.69, 9.17) is 18.6 Å². The summed E-state index contributed by atoms with van der Waals surface area (Å²) in [5.74, 6) is 2.60. The molecule has 20 heavy (non-hydrogen) atoms. The number of hydrogen-bond donors (Lipinski definition) is 1. The van der Waals surface area contributed by atoms with Crippen molar-refractivity contribution >= 4 is 28.7 Å². The smallest absolute Gasteiger partial charge is 0.177 e. The minimum Gasteiger partial charge on any atom is -0.332 e. The Balaban J connectivity index is 2.11. The Morgan fingerprint density at radius 2 is 1.80 bits per heavy atom. The molecule has 2 aromatic rings. The summed E-state index contributed by atoms with van der Waals surface area (Å²) >= 11 is 5.47. The summed E-state index contributed by atoms with van der Waals surface area (Å²) in [5.41, 5.74) is 2.87. The highest BCUT2D eigenvalue weighted by Crippen LogP contribution is 2.16. The molecule has 0 aliphatic rings. The maximum absolute atomic E-state index is 5.47. The molecule has 0 saturated heterocycles. The molecule has 0 heterocycles. The van der Waals surface area contributed by atoms with Crippen LogP contribution in [-0.4, -0.2) is 11.7 Å². The molecule has 0 fully saturated rings. The second kappa shape index (κ2) is 6.74. The minimum atomic E-state index is 0.673. The zero-order valence-corrected chi connectivity index (χ0v) is 12.2. The summed E-state index contributed by atoms with van der Waals surface area (Å²) in [4.78, 5) is 2.05. The Hall–Kier alpha value is -2.31. The molecule has 100 valence electrons. The predicted octanol–water partition coefficient (Wildman–Crippen LogP) is 3.89. The molecule has 0 bridgehead atoms. The van der Waals surface area contributed by atoms with Gasteiger partial charge in [0.15, 0.2) is 5.11 Å². The second-order valence-electron chi connectivity index (χ2n) is 4.23. The first-order valence-corrected chi connectivity index (χ1v) is 6.85. The Morgan fingerprint density at radius 1 is 1.15 bits per heavy atom. The standard InChI is InChI=1S/C17H16N2S/c1-3-14-10-12-15(13-11-14)18-17(20)19(4-2)16-8-6-5-7-9-16/h1,5-13H,4H2,2H3,(H,18,20). The number of rotatable bonds is 3. The van der Waals surface area contributed by atoms with Crippen LogP contribution in [0.2, 0.25) is 0 Å². The number of thiocarbonyl (C=S) groups is 1. The Kier molecular flexibility index (Phi) is 4.75. The van der Waals surface area contributed by atoms with Crippen molar-refractivity contribution in [2.75, 3.05) is 16.8 Å². The fraction of sp³-hybridized carbons (Fsp3) is 0.118. The van der Waals surface area contributed by atoms with Crippen LogP contribution in [0, 0.1) is 12.3 Å². The van der Waals surface area contributed by atoms with Crippen LogP contribution in [0.5, 0.6) is 0 Å². The molecule has 0 amide bonds. The van der Waals surface area contributed by atoms with E-state index in [2.05, 4.69) is 18.2 Å². The molecule has 0 spiro atoms. The Labute approximate surface area is 125 Å². The van der Waals surface area contributed by atoms with Crippen LogP contribution in [0.4, 0.5) is 11.4 Å². The average molecular weight is 280 g/mol. The van der Waals surface area contributed by atoms with Gasteiger partial charge in [-0.15, -0.1) is 6.42 Å². The van der Waals surface area contributed by atoms with Gasteiger partial charge in [-0.05, 0) is 55.5 Å². The lowest BCUT2D eigenvalue weighted by atomic mass is 10.2. The van der Waals surface area contributed by atoms with E-state index in [0.717, 1.165) is 23.5 Å². The first-order chi connectivity index (χ1) is 9.74. The van der Waals surface area contributed by atoms with Gasteiger partial charge in [0, 0.05) is 23.5 Å². The molecule has 0 aliphatic carbocycles. The Morgan fingerprint density at radius 3 is 2.35 bits per heavy atom. The predicted molar refractivity (Wildman–Crippen MR) is 90.1 cm³/mol. The van der Waals surface area contributed by atoms with Crippen LogP contribution in [-0.2, 0) is 0 Å². The number of terminal acetylenes is 1. The van der Waals surface area contributed by atoms with Crippen molar-refractivity contribution in [2.45, 2.75) is 6.92 Å². The fourth-order valence-corrected chi connectivity index (χ4v) is 2.24. The zero-order valence-electron chi connectivity index (χ0n) is 11.3. The number of anilines is 2. The highest BCUT2D eigenvalue weighted by molar-refractivity contribution is 7.80. The molecule has 2 nitrogen and oxygen atoms in total. The summed E-state index contributed by atoms with van der Waals surface area (Å²) in [7, 11) is 0. The third-order valence-electron chi connectivity index (χ3n) is 2.93. The van der Waals surface area contributed by atoms with Crippen LogP contribution in [0.1, 0.15) is 12.5 Å². The lowest BCUT2D eigenvalue weighted by molar-refractivity contribution is 1.07. The normalized spacial score (nSPS) is 9.60. The summed E-state index contributed by atoms with van der Waals surface area (Å²) in [6.07, 6.45) is 5.34. The monoisotopic (exact) mass is 280 g/mol. The van der Waals surface area contributed by atoms with E-state index in [1.54, 1.807) is 0 Å². The van der Waals surface area contributed by atoms with Gasteiger partial charge in [0.1, 0.15) is 0 Å². The maximum atomic E-state index is 5.47. The zero-order chi connectivity index (χ0) is 14.4. The van der Waals surface area contributed by atoms with Crippen LogP contribution < -0.4 is 10.2 Å². The first kappa shape index (κ1) is 14.1. The van der Waals surface area contributed by atoms with Crippen molar-refractivity contribution in [2.24, 2.45) is 0 Å². The molecule has 0 saturated carbocycles. The average Bonchev–Trinajstić information content (AvgIpc) is 2.50. The third-order valence-corrected chi connectivity index (χ3v) is 3.25. The maximum Gasteiger partial charge on any atom is 0.177 e. The van der Waals surface area contributed by atoms with Gasteiger partial charge < -0.3 is 10.2 Å². The largest absolute Gasteiger partial charge is 0.332 e. The SMILES string of the molecule is C#Cc1ccc(NC(=S)N(CC)c2ccccc2)cc1. The lowest BCUT2D eigenvalue weighted by Crippen LogP contribution is -2.34. The molecular formula is C17H16N2S. The molecule has 0 aromatic heterocycles. The molecule has 1 N–H and O–H groups in total. The van der Waals surface area contributed by atoms with Crippen LogP contribution in [0.15, 0.2) is 54.6 Å². The summed E-state index contributed by atoms with van der Waals surface area (Å²) < 4.78 is 0. The van der Waals surface area contributed by atoms with E-state index in [0.29, 0.717) is 5.11 Å². The second-order valence-corrected chi connectivity index (χ2v) is 4.62. The van der Waals surface area contributed by atoms with Crippen LogP contribution in [0.25, 0.3) is 0 Å². The molecule has 3 heteroatoms. The van der Waals surface area contributed by atoms with Crippen molar-refractivity contribution in [1.82, 2.24) is 0 Å². The lowest BCUT2D eigenvalue weighted by Gasteiger charge is -2.24. The van der Waals surface area contributed by atoms with Crippen molar-refractivity contribution in [1.29, 1.82) is 0 Å². The Bertz CT molecular complexity index is 612. The van der Waals surface area contributed by atoms with Gasteiger partial charge >= 0.3 is 0 Å². The van der Waals surface area contributed by atoms with E-state index >= 15 is 0 Å². The van der Waals surface area contributed by atoms with E-state index < -0.39 is 0 Å². The van der Waals surface area contributed by atoms with E-state index in [9.17, 15) is 0 Å². The summed E-state index contributed by atoms with van der Waals surface area (Å²) in [5, 5.41) is 3.90. The van der Waals surface area contributed by atoms with Gasteiger partial charge in [-0.25, -0.2) is 0 Å². The van der Waals surface area contributed by atoms with Gasteiger partial charge in [0.05, 0.1) is 0 Å². The van der Waals surface area contributed by atoms with Crippen molar-refractivity contribution in [3.8, 4) is 12.3 Å². The van der Waals surface area contributed by atoms with Crippen molar-refractivity contribution in [3.05, 3.63) is 60.2 Å². The van der Waals surface area contributed by atoms with Gasteiger partial charge in [0.25, 0.3) is 0 Å². The van der Waals surface area contributed by atoms with Gasteiger partial charge in [-0.2, -0.15) is 0 Å². The molecule has 2 aromatic carbocycles. The minimum absolute atomic E-state index is 0.673. The van der Waals surface area contributed by atoms with E-state index in [1.165, 1.54) is 0 Å².